The minimum Gasteiger partial charge on any atom is -0.324 e. The van der Waals surface area contributed by atoms with Gasteiger partial charge in [0, 0.05) is 17.3 Å². The lowest BCUT2D eigenvalue weighted by molar-refractivity contribution is -0.135. The van der Waals surface area contributed by atoms with E-state index in [9.17, 15) is 14.4 Å². The average Bonchev–Trinajstić information content (AvgIpc) is 3.42. The first-order chi connectivity index (χ1) is 14.5. The highest BCUT2D eigenvalue weighted by Gasteiger charge is 2.74. The lowest BCUT2D eigenvalue weighted by Crippen LogP contribution is -2.54. The zero-order valence-electron chi connectivity index (χ0n) is 17.0. The van der Waals surface area contributed by atoms with E-state index in [1.807, 2.05) is 44.2 Å². The van der Waals surface area contributed by atoms with E-state index in [-0.39, 0.29) is 23.8 Å². The van der Waals surface area contributed by atoms with Crippen LogP contribution in [-0.2, 0) is 19.9 Å². The van der Waals surface area contributed by atoms with Gasteiger partial charge in [-0.1, -0.05) is 35.9 Å². The molecule has 6 nitrogen and oxygen atoms in total. The van der Waals surface area contributed by atoms with Crippen LogP contribution in [0.15, 0.2) is 42.5 Å². The first-order valence-electron chi connectivity index (χ1n) is 10.6. The van der Waals surface area contributed by atoms with Gasteiger partial charge in [0.15, 0.2) is 0 Å². The number of imide groups is 1. The summed E-state index contributed by atoms with van der Waals surface area (Å²) >= 11 is 0. The SMILES string of the molecule is Cc1cc(C)c2c(c1)[C@@]1(C(=O)N2)[C@H]2C(=O)N(c3ccccc3)C(=O)[C@@H]2[C@H]2CCCN21. The summed E-state index contributed by atoms with van der Waals surface area (Å²) in [5.41, 5.74) is 3.19. The number of aryl methyl sites for hydroxylation is 2. The molecule has 0 aromatic heterocycles. The summed E-state index contributed by atoms with van der Waals surface area (Å²) in [4.78, 5) is 44.5. The van der Waals surface area contributed by atoms with Crippen LogP contribution in [-0.4, -0.2) is 35.2 Å². The molecule has 1 N–H and O–H groups in total. The van der Waals surface area contributed by atoms with E-state index in [0.717, 1.165) is 41.8 Å². The van der Waals surface area contributed by atoms with Crippen molar-refractivity contribution in [2.24, 2.45) is 11.8 Å². The molecule has 0 bridgehead atoms. The Labute approximate surface area is 174 Å². The zero-order valence-corrected chi connectivity index (χ0v) is 17.0. The van der Waals surface area contributed by atoms with Crippen LogP contribution in [0.5, 0.6) is 0 Å². The monoisotopic (exact) mass is 401 g/mol. The Balaban J connectivity index is 1.59. The van der Waals surface area contributed by atoms with Gasteiger partial charge in [0.25, 0.3) is 0 Å². The number of amides is 3. The third-order valence-corrected chi connectivity index (χ3v) is 7.46. The fraction of sp³-hybridized carbons (Fsp3) is 0.375. The Bertz CT molecular complexity index is 1130. The third kappa shape index (κ3) is 1.90. The number of carbonyl (C=O) groups excluding carboxylic acids is 3. The van der Waals surface area contributed by atoms with E-state index in [1.54, 1.807) is 12.1 Å². The Morgan fingerprint density at radius 1 is 1.03 bits per heavy atom. The molecule has 30 heavy (non-hydrogen) atoms. The van der Waals surface area contributed by atoms with Crippen molar-refractivity contribution in [3.05, 3.63) is 59.2 Å². The van der Waals surface area contributed by atoms with Gasteiger partial charge in [-0.2, -0.15) is 0 Å². The van der Waals surface area contributed by atoms with E-state index < -0.39 is 17.4 Å². The Kier molecular flexibility index (Phi) is 3.44. The number of rotatable bonds is 1. The zero-order chi connectivity index (χ0) is 20.8. The van der Waals surface area contributed by atoms with Crippen LogP contribution in [0, 0.1) is 25.7 Å². The lowest BCUT2D eigenvalue weighted by Gasteiger charge is -2.36. The van der Waals surface area contributed by atoms with Gasteiger partial charge in [-0.15, -0.1) is 0 Å². The van der Waals surface area contributed by atoms with E-state index >= 15 is 0 Å². The summed E-state index contributed by atoms with van der Waals surface area (Å²) < 4.78 is 0. The summed E-state index contributed by atoms with van der Waals surface area (Å²) in [7, 11) is 0. The van der Waals surface area contributed by atoms with Crippen LogP contribution >= 0.6 is 0 Å². The van der Waals surface area contributed by atoms with Crippen LogP contribution in [0.2, 0.25) is 0 Å². The van der Waals surface area contributed by atoms with Crippen molar-refractivity contribution in [3.8, 4) is 0 Å². The number of fused-ring (bicyclic) bond motifs is 7. The fourth-order valence-electron chi connectivity index (χ4n) is 6.49. The predicted octanol–water partition coefficient (Wildman–Crippen LogP) is 2.73. The second-order valence-electron chi connectivity index (χ2n) is 8.98. The van der Waals surface area contributed by atoms with Gasteiger partial charge >= 0.3 is 0 Å². The third-order valence-electron chi connectivity index (χ3n) is 7.46. The van der Waals surface area contributed by atoms with Crippen LogP contribution in [0.3, 0.4) is 0 Å². The molecule has 4 aliphatic heterocycles. The van der Waals surface area contributed by atoms with Gasteiger partial charge in [-0.3, -0.25) is 19.3 Å². The lowest BCUT2D eigenvalue weighted by atomic mass is 9.75. The van der Waals surface area contributed by atoms with Crippen molar-refractivity contribution in [1.82, 2.24) is 4.90 Å². The second kappa shape index (κ2) is 5.79. The highest BCUT2D eigenvalue weighted by atomic mass is 16.2. The van der Waals surface area contributed by atoms with Gasteiger partial charge in [0.05, 0.1) is 17.5 Å². The molecule has 3 fully saturated rings. The molecule has 0 aliphatic carbocycles. The minimum absolute atomic E-state index is 0.0855. The van der Waals surface area contributed by atoms with Gasteiger partial charge in [0.1, 0.15) is 5.54 Å². The number of para-hydroxylation sites is 1. The van der Waals surface area contributed by atoms with Crippen molar-refractivity contribution < 1.29 is 14.4 Å². The van der Waals surface area contributed by atoms with Crippen LogP contribution in [0.1, 0.15) is 29.5 Å². The molecule has 3 amide bonds. The molecule has 3 saturated heterocycles. The van der Waals surface area contributed by atoms with Crippen molar-refractivity contribution in [2.75, 3.05) is 16.8 Å². The molecule has 6 rings (SSSR count). The number of nitrogens with zero attached hydrogens (tertiary/aromatic N) is 2. The minimum atomic E-state index is -1.10. The molecule has 4 heterocycles. The molecule has 2 aromatic carbocycles. The fourth-order valence-corrected chi connectivity index (χ4v) is 6.49. The maximum Gasteiger partial charge on any atom is 0.250 e. The number of hydrogen-bond donors (Lipinski definition) is 1. The molecule has 0 saturated carbocycles. The number of benzene rings is 2. The normalized spacial score (nSPS) is 32.0. The Morgan fingerprint density at radius 2 is 1.80 bits per heavy atom. The molecule has 4 atom stereocenters. The van der Waals surface area contributed by atoms with Gasteiger partial charge < -0.3 is 5.32 Å². The predicted molar refractivity (Wildman–Crippen MR) is 112 cm³/mol. The molecule has 0 unspecified atom stereocenters. The maximum absolute atomic E-state index is 13.8. The molecule has 0 radical (unpaired) electrons. The molecule has 4 aliphatic rings. The summed E-state index contributed by atoms with van der Waals surface area (Å²) in [6.45, 7) is 4.72. The van der Waals surface area contributed by atoms with E-state index in [0.29, 0.717) is 5.69 Å². The second-order valence-corrected chi connectivity index (χ2v) is 8.98. The van der Waals surface area contributed by atoms with Gasteiger partial charge in [-0.05, 0) is 50.9 Å². The largest absolute Gasteiger partial charge is 0.324 e. The molecule has 1 spiro atoms. The maximum atomic E-state index is 13.8. The summed E-state index contributed by atoms with van der Waals surface area (Å²) in [5, 5.41) is 3.08. The van der Waals surface area contributed by atoms with E-state index in [2.05, 4.69) is 10.2 Å². The van der Waals surface area contributed by atoms with Crippen LogP contribution in [0.25, 0.3) is 0 Å². The molecular weight excluding hydrogens is 378 g/mol. The van der Waals surface area contributed by atoms with Crippen molar-refractivity contribution in [2.45, 2.75) is 38.3 Å². The van der Waals surface area contributed by atoms with Crippen molar-refractivity contribution in [3.63, 3.8) is 0 Å². The summed E-state index contributed by atoms with van der Waals surface area (Å²) in [6.07, 6.45) is 1.76. The highest BCUT2D eigenvalue weighted by Crippen LogP contribution is 2.61. The smallest absolute Gasteiger partial charge is 0.250 e. The molecule has 2 aromatic rings. The number of hydrogen-bond acceptors (Lipinski definition) is 4. The topological polar surface area (TPSA) is 69.7 Å². The Morgan fingerprint density at radius 3 is 2.57 bits per heavy atom. The van der Waals surface area contributed by atoms with E-state index in [4.69, 9.17) is 0 Å². The number of nitrogens with one attached hydrogen (secondary N) is 1. The van der Waals surface area contributed by atoms with Crippen molar-refractivity contribution in [1.29, 1.82) is 0 Å². The first kappa shape index (κ1) is 17.8. The van der Waals surface area contributed by atoms with E-state index in [1.165, 1.54) is 4.90 Å². The number of anilines is 2. The summed E-state index contributed by atoms with van der Waals surface area (Å²) in [6, 6.07) is 13.1. The van der Waals surface area contributed by atoms with Gasteiger partial charge in [-0.25, -0.2) is 4.90 Å². The molecular formula is C24H23N3O3. The van der Waals surface area contributed by atoms with Crippen LogP contribution < -0.4 is 10.2 Å². The van der Waals surface area contributed by atoms with Crippen LogP contribution in [0.4, 0.5) is 11.4 Å². The molecule has 152 valence electrons. The first-order valence-corrected chi connectivity index (χ1v) is 10.6. The number of carbonyl (C=O) groups is 3. The van der Waals surface area contributed by atoms with Crippen molar-refractivity contribution >= 4 is 29.1 Å². The average molecular weight is 401 g/mol. The van der Waals surface area contributed by atoms with Gasteiger partial charge in [0.2, 0.25) is 17.7 Å². The molecule has 6 heteroatoms. The Hall–Kier alpha value is -2.99. The quantitative estimate of drug-likeness (QED) is 0.746. The highest BCUT2D eigenvalue weighted by molar-refractivity contribution is 6.25. The standard InChI is InChI=1S/C24H23N3O3/c1-13-11-14(2)20-16(12-13)24(23(30)25-20)19-18(17-9-6-10-26(17)24)21(28)27(22(19)29)15-7-4-3-5-8-15/h3-5,7-8,11-12,17-19H,6,9-10H2,1-2H3,(H,25,30)/t17-,18-,19-,24+/m1/s1. The summed E-state index contributed by atoms with van der Waals surface area (Å²) in [5.74, 6) is -1.78.